The van der Waals surface area contributed by atoms with Crippen LogP contribution in [0, 0.1) is 13.8 Å². The van der Waals surface area contributed by atoms with Crippen LogP contribution in [0.25, 0.3) is 0 Å². The SMILES string of the molecule is [Br-].[Br-].[CH2-]C.[CH2-]C.[Ti+4]. The molecule has 0 aliphatic heterocycles. The molecule has 0 saturated heterocycles. The summed E-state index contributed by atoms with van der Waals surface area (Å²) < 4.78 is 0. The van der Waals surface area contributed by atoms with Gasteiger partial charge in [0, 0.05) is 0 Å². The second-order valence-electron chi connectivity index (χ2n) is 0. The van der Waals surface area contributed by atoms with Gasteiger partial charge in [0.2, 0.25) is 0 Å². The summed E-state index contributed by atoms with van der Waals surface area (Å²) in [5.41, 5.74) is 0. The molecule has 44 valence electrons. The van der Waals surface area contributed by atoms with E-state index < -0.39 is 0 Å². The largest absolute Gasteiger partial charge is 4.00 e. The van der Waals surface area contributed by atoms with Crippen LogP contribution < -0.4 is 34.0 Å². The van der Waals surface area contributed by atoms with Gasteiger partial charge in [0.05, 0.1) is 0 Å². The molecule has 0 fully saturated rings. The van der Waals surface area contributed by atoms with Crippen LogP contribution in [0.1, 0.15) is 13.8 Å². The molecule has 0 bridgehead atoms. The molecule has 0 unspecified atom stereocenters. The van der Waals surface area contributed by atoms with Crippen molar-refractivity contribution < 1.29 is 55.7 Å². The molecule has 0 spiro atoms. The van der Waals surface area contributed by atoms with E-state index in [1.54, 1.807) is 13.8 Å². The minimum atomic E-state index is 0. The zero-order valence-electron chi connectivity index (χ0n) is 4.67. The number of hydrogen-bond acceptors (Lipinski definition) is 0. The van der Waals surface area contributed by atoms with E-state index in [1.807, 2.05) is 0 Å². The molecule has 3 heteroatoms. The zero-order chi connectivity index (χ0) is 4.00. The summed E-state index contributed by atoms with van der Waals surface area (Å²) >= 11 is 0. The summed E-state index contributed by atoms with van der Waals surface area (Å²) in [7, 11) is 0. The van der Waals surface area contributed by atoms with Crippen LogP contribution in [0.15, 0.2) is 0 Å². The second-order valence-corrected chi connectivity index (χ2v) is 0. The van der Waals surface area contributed by atoms with Gasteiger partial charge in [-0.05, 0) is 0 Å². The Morgan fingerprint density at radius 2 is 0.714 bits per heavy atom. The van der Waals surface area contributed by atoms with Crippen molar-refractivity contribution in [3.05, 3.63) is 13.8 Å². The molecule has 7 heavy (non-hydrogen) atoms. The average Bonchev–Trinajstić information content (AvgIpc) is 1.50. The van der Waals surface area contributed by atoms with E-state index >= 15 is 0 Å². The first-order valence-electron chi connectivity index (χ1n) is 1.41. The maximum absolute atomic E-state index is 3.25. The minimum Gasteiger partial charge on any atom is -1.00 e. The normalized spacial score (nSPS) is 1.71. The van der Waals surface area contributed by atoms with Gasteiger partial charge in [-0.15, -0.1) is 0 Å². The number of rotatable bonds is 0. The van der Waals surface area contributed by atoms with E-state index in [1.165, 1.54) is 0 Å². The maximum atomic E-state index is 3.25. The fourth-order valence-corrected chi connectivity index (χ4v) is 0. The van der Waals surface area contributed by atoms with Crippen molar-refractivity contribution in [1.82, 2.24) is 0 Å². The van der Waals surface area contributed by atoms with Gasteiger partial charge in [0.15, 0.2) is 0 Å². The van der Waals surface area contributed by atoms with Gasteiger partial charge >= 0.3 is 21.7 Å². The van der Waals surface area contributed by atoms with Crippen molar-refractivity contribution >= 4 is 0 Å². The second kappa shape index (κ2) is 122. The van der Waals surface area contributed by atoms with Crippen molar-refractivity contribution in [2.45, 2.75) is 13.8 Å². The summed E-state index contributed by atoms with van der Waals surface area (Å²) in [5, 5.41) is 0. The van der Waals surface area contributed by atoms with Gasteiger partial charge in [0.1, 0.15) is 0 Å². The zero-order valence-corrected chi connectivity index (χ0v) is 9.40. The van der Waals surface area contributed by atoms with Crippen molar-refractivity contribution in [3.8, 4) is 0 Å². The van der Waals surface area contributed by atoms with E-state index in [9.17, 15) is 0 Å². The fraction of sp³-hybridized carbons (Fsp3) is 0.500. The summed E-state index contributed by atoms with van der Waals surface area (Å²) in [6.07, 6.45) is 0. The van der Waals surface area contributed by atoms with Crippen LogP contribution in [0.2, 0.25) is 0 Å². The molecule has 0 aromatic carbocycles. The Morgan fingerprint density at radius 1 is 0.714 bits per heavy atom. The van der Waals surface area contributed by atoms with Gasteiger partial charge in [-0.25, -0.2) is 0 Å². The molecule has 0 aromatic rings. The van der Waals surface area contributed by atoms with Gasteiger partial charge in [-0.3, -0.25) is 0 Å². The minimum absolute atomic E-state index is 0. The molecule has 0 amide bonds. The first-order chi connectivity index (χ1) is 2.00. The van der Waals surface area contributed by atoms with Crippen LogP contribution in [0.5, 0.6) is 0 Å². The van der Waals surface area contributed by atoms with Crippen molar-refractivity contribution in [3.63, 3.8) is 0 Å². The van der Waals surface area contributed by atoms with Crippen molar-refractivity contribution in [1.29, 1.82) is 0 Å². The molecule has 0 heterocycles. The summed E-state index contributed by atoms with van der Waals surface area (Å²) in [5.74, 6) is 0. The third-order valence-electron chi connectivity index (χ3n) is 0. The summed E-state index contributed by atoms with van der Waals surface area (Å²) in [6, 6.07) is 0. The molecule has 0 rings (SSSR count). The topological polar surface area (TPSA) is 0 Å². The third kappa shape index (κ3) is 88.1. The predicted molar refractivity (Wildman–Crippen MR) is 22.1 cm³/mol. The Morgan fingerprint density at radius 3 is 0.714 bits per heavy atom. The Balaban J connectivity index is -0.00000000267. The smallest absolute Gasteiger partial charge is 1.00 e. The number of hydrogen-bond donors (Lipinski definition) is 0. The van der Waals surface area contributed by atoms with Crippen molar-refractivity contribution in [2.24, 2.45) is 0 Å². The van der Waals surface area contributed by atoms with E-state index in [2.05, 4.69) is 13.8 Å². The standard InChI is InChI=1S/2C2H5.2BrH.Ti/c2*1-2;;;/h2*1H2,2H3;2*1H;/q2*-1;;;+4/p-2. The first kappa shape index (κ1) is 37.8. The molecule has 0 aliphatic carbocycles. The van der Waals surface area contributed by atoms with E-state index in [0.29, 0.717) is 0 Å². The maximum Gasteiger partial charge on any atom is 4.00 e. The van der Waals surface area contributed by atoms with Crippen LogP contribution in [0.4, 0.5) is 0 Å². The van der Waals surface area contributed by atoms with Gasteiger partial charge in [0.25, 0.3) is 0 Å². The van der Waals surface area contributed by atoms with E-state index in [-0.39, 0.29) is 55.7 Å². The van der Waals surface area contributed by atoms with Crippen LogP contribution >= 0.6 is 0 Å². The molecular weight excluding hydrogens is 256 g/mol. The third-order valence-corrected chi connectivity index (χ3v) is 0. The molecule has 0 saturated carbocycles. The van der Waals surface area contributed by atoms with Gasteiger partial charge in [-0.1, -0.05) is 0 Å². The molecule has 0 nitrogen and oxygen atoms in total. The fourth-order valence-electron chi connectivity index (χ4n) is 0. The van der Waals surface area contributed by atoms with Crippen LogP contribution in [-0.2, 0) is 21.7 Å². The first-order valence-corrected chi connectivity index (χ1v) is 1.41. The molecule has 0 aromatic heterocycles. The molecular formula is C4H10Br2Ti. The Hall–Kier alpha value is 1.67. The quantitative estimate of drug-likeness (QED) is 0.307. The van der Waals surface area contributed by atoms with Gasteiger partial charge < -0.3 is 47.8 Å². The van der Waals surface area contributed by atoms with Crippen molar-refractivity contribution in [2.75, 3.05) is 0 Å². The Kier molecular flexibility index (Phi) is 659. The Bertz CT molecular complexity index is 9.65. The summed E-state index contributed by atoms with van der Waals surface area (Å²) in [6.45, 7) is 10.0. The Labute approximate surface area is 82.9 Å². The van der Waals surface area contributed by atoms with E-state index in [0.717, 1.165) is 0 Å². The predicted octanol–water partition coefficient (Wildman–Crippen LogP) is -4.31. The number of halogens is 2. The van der Waals surface area contributed by atoms with Gasteiger partial charge in [-0.2, -0.15) is 13.8 Å². The molecule has 0 N–H and O–H groups in total. The van der Waals surface area contributed by atoms with Crippen LogP contribution in [0.3, 0.4) is 0 Å². The molecule has 0 atom stereocenters. The molecule has 0 radical (unpaired) electrons. The van der Waals surface area contributed by atoms with E-state index in [4.69, 9.17) is 0 Å². The van der Waals surface area contributed by atoms with Crippen LogP contribution in [-0.4, -0.2) is 0 Å². The monoisotopic (exact) mass is 264 g/mol. The summed E-state index contributed by atoms with van der Waals surface area (Å²) in [4.78, 5) is 0. The average molecular weight is 266 g/mol. The molecule has 0 aliphatic rings.